The van der Waals surface area contributed by atoms with Crippen LogP contribution in [0, 0.1) is 0 Å². The summed E-state index contributed by atoms with van der Waals surface area (Å²) in [7, 11) is 0. The highest BCUT2D eigenvalue weighted by Gasteiger charge is 2.30. The minimum absolute atomic E-state index is 0. The Balaban J connectivity index is 0.00000168. The van der Waals surface area contributed by atoms with Gasteiger partial charge in [0.1, 0.15) is 0 Å². The van der Waals surface area contributed by atoms with Crippen molar-refractivity contribution in [3.63, 3.8) is 0 Å². The summed E-state index contributed by atoms with van der Waals surface area (Å²) in [5, 5.41) is 3.62. The van der Waals surface area contributed by atoms with Gasteiger partial charge in [0.05, 0.1) is 6.04 Å². The molecule has 0 radical (unpaired) electrons. The number of guanidine groups is 1. The molecule has 26 heavy (non-hydrogen) atoms. The van der Waals surface area contributed by atoms with Crippen LogP contribution in [0.15, 0.2) is 53.5 Å². The minimum Gasteiger partial charge on any atom is -0.368 e. The van der Waals surface area contributed by atoms with Crippen LogP contribution in [0.2, 0.25) is 0 Å². The van der Waals surface area contributed by atoms with Crippen LogP contribution in [-0.4, -0.2) is 37.0 Å². The monoisotopic (exact) mass is 368 g/mol. The Labute approximate surface area is 161 Å². The normalized spacial score (nSPS) is 21.2. The van der Waals surface area contributed by atoms with Crippen LogP contribution >= 0.6 is 12.4 Å². The molecule has 2 aliphatic heterocycles. The van der Waals surface area contributed by atoms with Crippen molar-refractivity contribution in [3.05, 3.63) is 59.7 Å². The molecule has 3 aliphatic rings. The molecule has 0 bridgehead atoms. The van der Waals surface area contributed by atoms with Crippen molar-refractivity contribution in [2.75, 3.05) is 36.4 Å². The van der Waals surface area contributed by atoms with E-state index in [4.69, 9.17) is 4.99 Å². The molecule has 1 saturated heterocycles. The highest BCUT2D eigenvalue weighted by molar-refractivity contribution is 5.96. The van der Waals surface area contributed by atoms with E-state index in [1.165, 1.54) is 41.8 Å². The Morgan fingerprint density at radius 2 is 1.65 bits per heavy atom. The highest BCUT2D eigenvalue weighted by Crippen LogP contribution is 2.40. The summed E-state index contributed by atoms with van der Waals surface area (Å²) < 4.78 is 0. The number of hydrogen-bond donors (Lipinski definition) is 1. The zero-order chi connectivity index (χ0) is 16.6. The zero-order valence-electron chi connectivity index (χ0n) is 14.9. The van der Waals surface area contributed by atoms with Crippen LogP contribution in [-0.2, 0) is 6.42 Å². The molecule has 0 spiro atoms. The number of para-hydroxylation sites is 1. The maximum Gasteiger partial charge on any atom is 0.199 e. The summed E-state index contributed by atoms with van der Waals surface area (Å²) in [5.74, 6) is 1.07. The predicted molar refractivity (Wildman–Crippen MR) is 111 cm³/mol. The Morgan fingerprint density at radius 1 is 0.885 bits per heavy atom. The number of aryl methyl sites for hydroxylation is 1. The number of piperazine rings is 1. The summed E-state index contributed by atoms with van der Waals surface area (Å²) in [6.07, 6.45) is 3.63. The lowest BCUT2D eigenvalue weighted by Gasteiger charge is -2.40. The smallest absolute Gasteiger partial charge is 0.199 e. The third-order valence-corrected chi connectivity index (χ3v) is 5.68. The van der Waals surface area contributed by atoms with Gasteiger partial charge in [0.2, 0.25) is 0 Å². The van der Waals surface area contributed by atoms with E-state index in [1.54, 1.807) is 0 Å². The largest absolute Gasteiger partial charge is 0.368 e. The topological polar surface area (TPSA) is 30.9 Å². The van der Waals surface area contributed by atoms with E-state index >= 15 is 0 Å². The molecule has 1 unspecified atom stereocenters. The lowest BCUT2D eigenvalue weighted by atomic mass is 9.86. The molecule has 0 aromatic heterocycles. The fraction of sp³-hybridized carbons (Fsp3) is 0.381. The van der Waals surface area contributed by atoms with Gasteiger partial charge in [0.25, 0.3) is 0 Å². The van der Waals surface area contributed by atoms with Crippen molar-refractivity contribution >= 4 is 29.7 Å². The van der Waals surface area contributed by atoms with E-state index in [2.05, 4.69) is 63.6 Å². The van der Waals surface area contributed by atoms with Gasteiger partial charge in [-0.1, -0.05) is 30.3 Å². The molecule has 4 nitrogen and oxygen atoms in total. The van der Waals surface area contributed by atoms with Crippen molar-refractivity contribution in [1.82, 2.24) is 4.90 Å². The van der Waals surface area contributed by atoms with Crippen molar-refractivity contribution in [2.45, 2.75) is 25.3 Å². The van der Waals surface area contributed by atoms with Crippen LogP contribution < -0.4 is 10.2 Å². The first-order chi connectivity index (χ1) is 12.4. The number of rotatable bonds is 1. The lowest BCUT2D eigenvalue weighted by molar-refractivity contribution is 0.379. The molecule has 1 N–H and O–H groups in total. The van der Waals surface area contributed by atoms with E-state index in [-0.39, 0.29) is 12.4 Å². The van der Waals surface area contributed by atoms with Gasteiger partial charge < -0.3 is 15.1 Å². The second kappa shape index (κ2) is 7.20. The lowest BCUT2D eigenvalue weighted by Crippen LogP contribution is -2.51. The van der Waals surface area contributed by atoms with E-state index < -0.39 is 0 Å². The van der Waals surface area contributed by atoms with Crippen molar-refractivity contribution in [2.24, 2.45) is 4.99 Å². The van der Waals surface area contributed by atoms with Gasteiger partial charge in [-0.3, -0.25) is 0 Å². The number of anilines is 2. The second-order valence-corrected chi connectivity index (χ2v) is 7.17. The molecule has 1 fully saturated rings. The van der Waals surface area contributed by atoms with Crippen molar-refractivity contribution in [1.29, 1.82) is 0 Å². The first kappa shape index (κ1) is 17.2. The number of nitrogens with zero attached hydrogens (tertiary/aromatic N) is 3. The van der Waals surface area contributed by atoms with Crippen LogP contribution in [0.25, 0.3) is 0 Å². The number of nitrogens with one attached hydrogen (secondary N) is 1. The van der Waals surface area contributed by atoms with Gasteiger partial charge in [0, 0.05) is 43.1 Å². The van der Waals surface area contributed by atoms with Crippen LogP contribution in [0.5, 0.6) is 0 Å². The average Bonchev–Trinajstić information content (AvgIpc) is 2.69. The Hall–Kier alpha value is -2.20. The summed E-state index contributed by atoms with van der Waals surface area (Å²) in [5.41, 5.74) is 5.53. The summed E-state index contributed by atoms with van der Waals surface area (Å²) in [6, 6.07) is 17.7. The fourth-order valence-corrected chi connectivity index (χ4v) is 4.37. The van der Waals surface area contributed by atoms with Gasteiger partial charge >= 0.3 is 0 Å². The van der Waals surface area contributed by atoms with E-state index in [9.17, 15) is 0 Å². The molecule has 0 saturated carbocycles. The number of aliphatic imine (C=N–C) groups is 1. The van der Waals surface area contributed by atoms with Gasteiger partial charge in [-0.2, -0.15) is 0 Å². The van der Waals surface area contributed by atoms with Gasteiger partial charge in [-0.05, 0) is 43.0 Å². The highest BCUT2D eigenvalue weighted by atomic mass is 35.5. The Kier molecular flexibility index (Phi) is 4.77. The molecular weight excluding hydrogens is 344 g/mol. The average molecular weight is 369 g/mol. The van der Waals surface area contributed by atoms with Gasteiger partial charge in [-0.15, -0.1) is 12.4 Å². The molecule has 5 rings (SSSR count). The Bertz CT molecular complexity index is 797. The zero-order valence-corrected chi connectivity index (χ0v) is 15.7. The van der Waals surface area contributed by atoms with Crippen LogP contribution in [0.4, 0.5) is 11.4 Å². The molecular formula is C21H25ClN4. The number of halogens is 1. The third kappa shape index (κ3) is 3.03. The standard InChI is InChI=1S/C21H24N4.ClH/c1-2-8-17(9-3-1)24-12-14-25(15-13-24)21-22-18-10-4-6-16-7-5-11-19(23-21)20(16)18;/h1-4,6,8-10,19H,5,7,11-15H2,(H,22,23);1H. The molecule has 0 amide bonds. The first-order valence-electron chi connectivity index (χ1n) is 9.40. The maximum absolute atomic E-state index is 5.09. The summed E-state index contributed by atoms with van der Waals surface area (Å²) >= 11 is 0. The Morgan fingerprint density at radius 3 is 2.46 bits per heavy atom. The minimum atomic E-state index is 0. The van der Waals surface area contributed by atoms with Crippen molar-refractivity contribution in [3.8, 4) is 0 Å². The molecule has 1 atom stereocenters. The van der Waals surface area contributed by atoms with E-state index in [0.717, 1.165) is 32.1 Å². The summed E-state index contributed by atoms with van der Waals surface area (Å²) in [4.78, 5) is 9.97. The SMILES string of the molecule is Cl.c1ccc(N2CCN(C3=NC4CCCc5cccc(c54)N3)CC2)cc1. The molecule has 2 heterocycles. The quantitative estimate of drug-likeness (QED) is 0.822. The van der Waals surface area contributed by atoms with Crippen molar-refractivity contribution < 1.29 is 0 Å². The maximum atomic E-state index is 5.09. The second-order valence-electron chi connectivity index (χ2n) is 7.17. The first-order valence-corrected chi connectivity index (χ1v) is 9.40. The third-order valence-electron chi connectivity index (χ3n) is 5.68. The predicted octanol–water partition coefficient (Wildman–Crippen LogP) is 4.09. The number of hydrogen-bond acceptors (Lipinski definition) is 4. The molecule has 5 heteroatoms. The molecule has 136 valence electrons. The summed E-state index contributed by atoms with van der Waals surface area (Å²) in [6.45, 7) is 4.12. The molecule has 2 aromatic rings. The van der Waals surface area contributed by atoms with Gasteiger partial charge in [0.15, 0.2) is 5.96 Å². The number of benzene rings is 2. The van der Waals surface area contributed by atoms with E-state index in [1.807, 2.05) is 0 Å². The van der Waals surface area contributed by atoms with Gasteiger partial charge in [-0.25, -0.2) is 4.99 Å². The van der Waals surface area contributed by atoms with Crippen LogP contribution in [0.1, 0.15) is 30.0 Å². The molecule has 2 aromatic carbocycles. The fourth-order valence-electron chi connectivity index (χ4n) is 4.37. The molecule has 1 aliphatic carbocycles. The van der Waals surface area contributed by atoms with Crippen LogP contribution in [0.3, 0.4) is 0 Å². The van der Waals surface area contributed by atoms with E-state index in [0.29, 0.717) is 6.04 Å².